The Labute approximate surface area is 240 Å². The Morgan fingerprint density at radius 3 is 2.63 bits per heavy atom. The minimum Gasteiger partial charge on any atom is -0.462 e. The van der Waals surface area contributed by atoms with E-state index in [0.29, 0.717) is 31.3 Å². The van der Waals surface area contributed by atoms with Crippen LogP contribution in [0.25, 0.3) is 0 Å². The molecule has 0 unspecified atom stereocenters. The van der Waals surface area contributed by atoms with E-state index in [0.717, 1.165) is 50.5 Å². The number of amides is 3. The minimum atomic E-state index is -1.02. The molecule has 0 radical (unpaired) electrons. The van der Waals surface area contributed by atoms with E-state index in [-0.39, 0.29) is 47.7 Å². The highest BCUT2D eigenvalue weighted by atomic mass is 16.5. The van der Waals surface area contributed by atoms with Crippen LogP contribution in [0.4, 0.5) is 4.79 Å². The molecule has 1 saturated heterocycles. The van der Waals surface area contributed by atoms with Crippen molar-refractivity contribution in [3.63, 3.8) is 0 Å². The summed E-state index contributed by atoms with van der Waals surface area (Å²) in [4.78, 5) is 50.1. The van der Waals surface area contributed by atoms with Gasteiger partial charge < -0.3 is 29.8 Å². The molecule has 1 aliphatic heterocycles. The largest absolute Gasteiger partial charge is 0.462 e. The van der Waals surface area contributed by atoms with Gasteiger partial charge in [-0.2, -0.15) is 0 Å². The Morgan fingerprint density at radius 2 is 1.93 bits per heavy atom. The maximum absolute atomic E-state index is 12.9. The molecule has 0 bridgehead atoms. The molecule has 10 heteroatoms. The second-order valence-corrected chi connectivity index (χ2v) is 13.8. The Hall–Kier alpha value is -2.88. The number of esters is 1. The number of carbonyl (C=O) groups excluding carboxylic acids is 3. The van der Waals surface area contributed by atoms with Crippen molar-refractivity contribution in [1.82, 2.24) is 15.5 Å². The highest BCUT2D eigenvalue weighted by Gasteiger charge is 2.70. The molecule has 1 aromatic heterocycles. The molecule has 5 aliphatic rings. The number of urea groups is 1. The van der Waals surface area contributed by atoms with E-state index >= 15 is 0 Å². The molecule has 4 aliphatic carbocycles. The van der Waals surface area contributed by atoms with Gasteiger partial charge in [-0.1, -0.05) is 13.8 Å². The van der Waals surface area contributed by atoms with E-state index in [1.165, 1.54) is 19.3 Å². The van der Waals surface area contributed by atoms with Gasteiger partial charge in [0.15, 0.2) is 0 Å². The predicted molar refractivity (Wildman–Crippen MR) is 149 cm³/mol. The van der Waals surface area contributed by atoms with Crippen molar-refractivity contribution < 1.29 is 28.6 Å². The molecule has 2 heterocycles. The summed E-state index contributed by atoms with van der Waals surface area (Å²) >= 11 is 0. The molecule has 9 atom stereocenters. The molecule has 10 nitrogen and oxygen atoms in total. The average molecular weight is 570 g/mol. The molecule has 5 fully saturated rings. The van der Waals surface area contributed by atoms with Crippen LogP contribution >= 0.6 is 0 Å². The highest BCUT2D eigenvalue weighted by Crippen LogP contribution is 2.70. The molecule has 6 rings (SSSR count). The van der Waals surface area contributed by atoms with E-state index in [1.54, 1.807) is 11.0 Å². The number of aliphatic hydroxyl groups is 1. The van der Waals surface area contributed by atoms with Gasteiger partial charge in [-0.3, -0.25) is 9.59 Å². The van der Waals surface area contributed by atoms with Gasteiger partial charge in [0.1, 0.15) is 12.6 Å². The molecule has 1 aromatic rings. The third kappa shape index (κ3) is 4.57. The number of hydrogen-bond acceptors (Lipinski definition) is 7. The van der Waals surface area contributed by atoms with Crippen LogP contribution in [0.5, 0.6) is 0 Å². The number of nitrogens with zero attached hydrogens (tertiary/aromatic N) is 1. The summed E-state index contributed by atoms with van der Waals surface area (Å²) < 4.78 is 11.1. The fraction of sp³-hybridized carbons (Fsp3) is 0.742. The van der Waals surface area contributed by atoms with E-state index in [2.05, 4.69) is 24.5 Å². The number of ether oxygens (including phenoxy) is 1. The molecular formula is C31H43N3O7. The summed E-state index contributed by atoms with van der Waals surface area (Å²) in [5.41, 5.74) is -1.16. The van der Waals surface area contributed by atoms with E-state index in [1.807, 2.05) is 0 Å². The van der Waals surface area contributed by atoms with Crippen LogP contribution in [-0.4, -0.2) is 65.3 Å². The number of fused-ring (bicyclic) bond motifs is 5. The standard InChI is InChI=1S/C31H43N3O7/c1-18(35)41-24-15-31(39)23-6-5-20-14-21(33-28(38)34-13-12-32-25(36)16-34)8-10-29(20,2)22(23)9-11-30(31,3)27(24)19-4-7-26(37)40-17-19/h4,7,17,20-24,27,39H,5-6,8-16H2,1-3H3,(H,32,36)(H,33,38)/t20-,21+,22+,23-,24+,27+,29+,30-,31+/m1/s1. The van der Waals surface area contributed by atoms with Crippen LogP contribution in [0.15, 0.2) is 27.6 Å². The summed E-state index contributed by atoms with van der Waals surface area (Å²) in [6, 6.07) is 3.07. The van der Waals surface area contributed by atoms with Gasteiger partial charge in [-0.15, -0.1) is 0 Å². The Bertz CT molecular complexity index is 1260. The Kier molecular flexibility index (Phi) is 6.98. The van der Waals surface area contributed by atoms with Gasteiger partial charge in [-0.05, 0) is 79.7 Å². The quantitative estimate of drug-likeness (QED) is 0.476. The average Bonchev–Trinajstić information content (AvgIpc) is 3.15. The number of nitrogens with one attached hydrogen (secondary N) is 2. The molecule has 0 aromatic carbocycles. The Morgan fingerprint density at radius 1 is 1.12 bits per heavy atom. The number of piperazine rings is 1. The number of carbonyl (C=O) groups is 3. The number of rotatable bonds is 3. The first-order valence-corrected chi connectivity index (χ1v) is 15.2. The highest BCUT2D eigenvalue weighted by molar-refractivity contribution is 5.85. The second-order valence-electron chi connectivity index (χ2n) is 13.8. The van der Waals surface area contributed by atoms with Crippen molar-refractivity contribution in [2.75, 3.05) is 19.6 Å². The molecule has 224 valence electrons. The van der Waals surface area contributed by atoms with Crippen molar-refractivity contribution in [2.45, 2.75) is 95.8 Å². The maximum atomic E-state index is 12.9. The summed E-state index contributed by atoms with van der Waals surface area (Å²) in [5.74, 6) is 0.0675. The van der Waals surface area contributed by atoms with Crippen LogP contribution in [0.3, 0.4) is 0 Å². The van der Waals surface area contributed by atoms with Crippen LogP contribution in [0, 0.1) is 28.6 Å². The molecule has 41 heavy (non-hydrogen) atoms. The topological polar surface area (TPSA) is 138 Å². The molecule has 4 saturated carbocycles. The van der Waals surface area contributed by atoms with Crippen molar-refractivity contribution in [1.29, 1.82) is 0 Å². The monoisotopic (exact) mass is 569 g/mol. The predicted octanol–water partition coefficient (Wildman–Crippen LogP) is 2.93. The fourth-order valence-corrected chi connectivity index (χ4v) is 9.90. The van der Waals surface area contributed by atoms with Crippen molar-refractivity contribution >= 4 is 17.9 Å². The van der Waals surface area contributed by atoms with E-state index in [9.17, 15) is 24.3 Å². The second kappa shape index (κ2) is 10.1. The SMILES string of the molecule is CC(=O)O[C@H]1C[C@]2(O)[C@@H]3CC[C@@H]4C[C@@H](NC(=O)N5CCNC(=O)C5)CC[C@]4(C)[C@H]3CC[C@]2(C)[C@H]1c1ccc(=O)oc1. The lowest BCUT2D eigenvalue weighted by molar-refractivity contribution is -0.202. The summed E-state index contributed by atoms with van der Waals surface area (Å²) in [5, 5.41) is 18.7. The van der Waals surface area contributed by atoms with Crippen LogP contribution < -0.4 is 16.3 Å². The van der Waals surface area contributed by atoms with Gasteiger partial charge >= 0.3 is 17.6 Å². The van der Waals surface area contributed by atoms with Crippen molar-refractivity contribution in [2.24, 2.45) is 28.6 Å². The van der Waals surface area contributed by atoms with Crippen LogP contribution in [0.1, 0.15) is 83.6 Å². The minimum absolute atomic E-state index is 0.0424. The molecule has 0 spiro atoms. The zero-order valence-corrected chi connectivity index (χ0v) is 24.3. The lowest BCUT2D eigenvalue weighted by atomic mass is 9.43. The molecule has 3 N–H and O–H groups in total. The van der Waals surface area contributed by atoms with Crippen molar-refractivity contribution in [3.8, 4) is 0 Å². The first-order valence-electron chi connectivity index (χ1n) is 15.2. The smallest absolute Gasteiger partial charge is 0.335 e. The van der Waals surface area contributed by atoms with Gasteiger partial charge in [0.05, 0.1) is 11.9 Å². The lowest BCUT2D eigenvalue weighted by Crippen LogP contribution is -2.62. The summed E-state index contributed by atoms with van der Waals surface area (Å²) in [6.07, 6.45) is 7.70. The van der Waals surface area contributed by atoms with E-state index in [4.69, 9.17) is 9.15 Å². The van der Waals surface area contributed by atoms with Crippen LogP contribution in [-0.2, 0) is 14.3 Å². The zero-order chi connectivity index (χ0) is 29.2. The lowest BCUT2D eigenvalue weighted by Gasteiger charge is -2.63. The van der Waals surface area contributed by atoms with Gasteiger partial charge in [0.2, 0.25) is 5.91 Å². The normalized spacial score (nSPS) is 41.9. The van der Waals surface area contributed by atoms with Gasteiger partial charge in [0, 0.05) is 49.9 Å². The Balaban J connectivity index is 1.22. The van der Waals surface area contributed by atoms with E-state index < -0.39 is 22.7 Å². The zero-order valence-electron chi connectivity index (χ0n) is 24.3. The summed E-state index contributed by atoms with van der Waals surface area (Å²) in [7, 11) is 0. The molecular weight excluding hydrogens is 526 g/mol. The fourth-order valence-electron chi connectivity index (χ4n) is 9.90. The first kappa shape index (κ1) is 28.2. The van der Waals surface area contributed by atoms with Crippen molar-refractivity contribution in [3.05, 3.63) is 34.4 Å². The maximum Gasteiger partial charge on any atom is 0.335 e. The molecule has 3 amide bonds. The third-order valence-corrected chi connectivity index (χ3v) is 11.9. The van der Waals surface area contributed by atoms with Gasteiger partial charge in [-0.25, -0.2) is 9.59 Å². The first-order chi connectivity index (χ1) is 19.4. The summed E-state index contributed by atoms with van der Waals surface area (Å²) in [6.45, 7) is 7.03. The number of hydrogen-bond donors (Lipinski definition) is 3. The van der Waals surface area contributed by atoms with Crippen LogP contribution in [0.2, 0.25) is 0 Å². The third-order valence-electron chi connectivity index (χ3n) is 11.9. The van der Waals surface area contributed by atoms with Gasteiger partial charge in [0.25, 0.3) is 0 Å².